The van der Waals surface area contributed by atoms with Crippen LogP contribution in [-0.4, -0.2) is 23.2 Å². The lowest BCUT2D eigenvalue weighted by atomic mass is 10.0. The molecule has 0 spiro atoms. The molecule has 0 fully saturated rings. The second kappa shape index (κ2) is 11.8. The fourth-order valence-electron chi connectivity index (χ4n) is 1.98. The SMILES string of the molecule is CCCCCCCCCC(=O)NC(CC)(CCl)CCl. The molecule has 2 nitrogen and oxygen atoms in total. The fraction of sp³-hybridized carbons (Fsp3) is 0.933. The average molecular weight is 310 g/mol. The molecule has 4 heteroatoms. The Labute approximate surface area is 128 Å². The third-order valence-electron chi connectivity index (χ3n) is 3.60. The average Bonchev–Trinajstić information content (AvgIpc) is 2.44. The molecular weight excluding hydrogens is 281 g/mol. The van der Waals surface area contributed by atoms with Gasteiger partial charge in [0, 0.05) is 18.2 Å². The molecule has 19 heavy (non-hydrogen) atoms. The van der Waals surface area contributed by atoms with E-state index >= 15 is 0 Å². The number of hydrogen-bond donors (Lipinski definition) is 1. The molecule has 0 unspecified atom stereocenters. The number of halogens is 2. The van der Waals surface area contributed by atoms with Gasteiger partial charge < -0.3 is 5.32 Å². The Bertz CT molecular complexity index is 222. The lowest BCUT2D eigenvalue weighted by Crippen LogP contribution is -2.51. The molecule has 0 heterocycles. The largest absolute Gasteiger partial charge is 0.348 e. The molecule has 0 aliphatic heterocycles. The summed E-state index contributed by atoms with van der Waals surface area (Å²) in [5.74, 6) is 0.822. The van der Waals surface area contributed by atoms with Gasteiger partial charge in [-0.15, -0.1) is 23.2 Å². The molecule has 0 saturated carbocycles. The second-order valence-electron chi connectivity index (χ2n) is 5.32. The van der Waals surface area contributed by atoms with Crippen LogP contribution in [0.5, 0.6) is 0 Å². The maximum atomic E-state index is 11.8. The van der Waals surface area contributed by atoms with Gasteiger partial charge in [-0.1, -0.05) is 52.4 Å². The van der Waals surface area contributed by atoms with Gasteiger partial charge in [0.1, 0.15) is 0 Å². The molecule has 1 amide bonds. The van der Waals surface area contributed by atoms with Gasteiger partial charge in [0.15, 0.2) is 0 Å². The zero-order valence-electron chi connectivity index (χ0n) is 12.4. The van der Waals surface area contributed by atoms with Crippen molar-refractivity contribution in [2.24, 2.45) is 0 Å². The van der Waals surface area contributed by atoms with E-state index < -0.39 is 5.54 Å². The van der Waals surface area contributed by atoms with Gasteiger partial charge in [-0.05, 0) is 12.8 Å². The van der Waals surface area contributed by atoms with Crippen molar-refractivity contribution < 1.29 is 4.79 Å². The van der Waals surface area contributed by atoms with E-state index in [4.69, 9.17) is 23.2 Å². The highest BCUT2D eigenvalue weighted by molar-refractivity contribution is 6.22. The van der Waals surface area contributed by atoms with Gasteiger partial charge in [0.05, 0.1) is 5.54 Å². The smallest absolute Gasteiger partial charge is 0.220 e. The van der Waals surface area contributed by atoms with Crippen molar-refractivity contribution in [1.82, 2.24) is 5.32 Å². The van der Waals surface area contributed by atoms with Crippen molar-refractivity contribution in [3.63, 3.8) is 0 Å². The summed E-state index contributed by atoms with van der Waals surface area (Å²) in [4.78, 5) is 11.8. The van der Waals surface area contributed by atoms with Gasteiger partial charge in [0.25, 0.3) is 0 Å². The summed E-state index contributed by atoms with van der Waals surface area (Å²) in [5, 5.41) is 2.99. The molecule has 0 rings (SSSR count). The lowest BCUT2D eigenvalue weighted by Gasteiger charge is -2.29. The van der Waals surface area contributed by atoms with Gasteiger partial charge in [-0.3, -0.25) is 4.79 Å². The van der Waals surface area contributed by atoms with E-state index in [9.17, 15) is 4.79 Å². The number of alkyl halides is 2. The standard InChI is InChI=1S/C15H29Cl2NO/c1-3-5-6-7-8-9-10-11-14(19)18-15(4-2,12-16)13-17/h3-13H2,1-2H3,(H,18,19). The van der Waals surface area contributed by atoms with Gasteiger partial charge in [-0.2, -0.15) is 0 Å². The van der Waals surface area contributed by atoms with Crippen LogP contribution in [0.2, 0.25) is 0 Å². The minimum atomic E-state index is -0.429. The van der Waals surface area contributed by atoms with E-state index in [0.717, 1.165) is 19.3 Å². The summed E-state index contributed by atoms with van der Waals surface area (Å²) in [6.07, 6.45) is 9.89. The summed E-state index contributed by atoms with van der Waals surface area (Å²) in [6, 6.07) is 0. The first-order valence-electron chi connectivity index (χ1n) is 7.57. The summed E-state index contributed by atoms with van der Waals surface area (Å²) in [5.41, 5.74) is -0.429. The third kappa shape index (κ3) is 8.75. The minimum absolute atomic E-state index is 0.0803. The minimum Gasteiger partial charge on any atom is -0.348 e. The normalized spacial score (nSPS) is 11.6. The summed E-state index contributed by atoms with van der Waals surface area (Å²) in [7, 11) is 0. The number of carbonyl (C=O) groups is 1. The van der Waals surface area contributed by atoms with E-state index in [0.29, 0.717) is 18.2 Å². The molecule has 0 aromatic heterocycles. The maximum Gasteiger partial charge on any atom is 0.220 e. The Hall–Kier alpha value is 0.0500. The predicted octanol–water partition coefficient (Wildman–Crippen LogP) is 4.87. The molecule has 0 radical (unpaired) electrons. The first-order valence-corrected chi connectivity index (χ1v) is 8.64. The molecule has 0 aliphatic carbocycles. The van der Waals surface area contributed by atoms with Crippen molar-refractivity contribution in [3.05, 3.63) is 0 Å². The van der Waals surface area contributed by atoms with Crippen LogP contribution in [0, 0.1) is 0 Å². The molecule has 114 valence electrons. The molecule has 0 saturated heterocycles. The monoisotopic (exact) mass is 309 g/mol. The number of unbranched alkanes of at least 4 members (excludes halogenated alkanes) is 6. The zero-order valence-corrected chi connectivity index (χ0v) is 14.0. The van der Waals surface area contributed by atoms with E-state index in [-0.39, 0.29) is 5.91 Å². The van der Waals surface area contributed by atoms with Crippen LogP contribution in [-0.2, 0) is 4.79 Å². The highest BCUT2D eigenvalue weighted by Crippen LogP contribution is 2.15. The van der Waals surface area contributed by atoms with Gasteiger partial charge in [0.2, 0.25) is 5.91 Å². The second-order valence-corrected chi connectivity index (χ2v) is 5.86. The van der Waals surface area contributed by atoms with Crippen molar-refractivity contribution in [2.45, 2.75) is 77.2 Å². The number of carbonyl (C=O) groups excluding carboxylic acids is 1. The molecule has 0 atom stereocenters. The summed E-state index contributed by atoms with van der Waals surface area (Å²) < 4.78 is 0. The van der Waals surface area contributed by atoms with Crippen LogP contribution in [0.1, 0.15) is 71.6 Å². The van der Waals surface area contributed by atoms with Crippen LogP contribution < -0.4 is 5.32 Å². The van der Waals surface area contributed by atoms with Crippen LogP contribution in [0.15, 0.2) is 0 Å². The van der Waals surface area contributed by atoms with Crippen LogP contribution in [0.25, 0.3) is 0 Å². The quantitative estimate of drug-likeness (QED) is 0.404. The van der Waals surface area contributed by atoms with Crippen LogP contribution >= 0.6 is 23.2 Å². The molecule has 0 bridgehead atoms. The van der Waals surface area contributed by atoms with Crippen LogP contribution in [0.4, 0.5) is 0 Å². The van der Waals surface area contributed by atoms with Crippen molar-refractivity contribution in [2.75, 3.05) is 11.8 Å². The molecule has 0 aliphatic rings. The first-order chi connectivity index (χ1) is 9.14. The van der Waals surface area contributed by atoms with Crippen molar-refractivity contribution >= 4 is 29.1 Å². The highest BCUT2D eigenvalue weighted by Gasteiger charge is 2.27. The number of rotatable bonds is 12. The van der Waals surface area contributed by atoms with Crippen molar-refractivity contribution in [3.8, 4) is 0 Å². The maximum absolute atomic E-state index is 11.8. The first kappa shape index (κ1) is 19.1. The predicted molar refractivity (Wildman–Crippen MR) is 85.2 cm³/mol. The van der Waals surface area contributed by atoms with E-state index in [1.54, 1.807) is 0 Å². The Morgan fingerprint density at radius 3 is 1.95 bits per heavy atom. The Morgan fingerprint density at radius 2 is 1.47 bits per heavy atom. The molecule has 1 N–H and O–H groups in total. The molecule has 0 aromatic carbocycles. The third-order valence-corrected chi connectivity index (χ3v) is 4.62. The van der Waals surface area contributed by atoms with Crippen LogP contribution in [0.3, 0.4) is 0 Å². The van der Waals surface area contributed by atoms with E-state index in [1.165, 1.54) is 32.1 Å². The summed E-state index contributed by atoms with van der Waals surface area (Å²) >= 11 is 11.8. The topological polar surface area (TPSA) is 29.1 Å². The molecular formula is C15H29Cl2NO. The highest BCUT2D eigenvalue weighted by atomic mass is 35.5. The number of amides is 1. The number of nitrogens with one attached hydrogen (secondary N) is 1. The number of hydrogen-bond acceptors (Lipinski definition) is 1. The Kier molecular flexibility index (Phi) is 11.9. The zero-order chi connectivity index (χ0) is 14.6. The summed E-state index contributed by atoms with van der Waals surface area (Å²) in [6.45, 7) is 4.22. The fourth-order valence-corrected chi connectivity index (χ4v) is 2.78. The molecule has 0 aromatic rings. The lowest BCUT2D eigenvalue weighted by molar-refractivity contribution is -0.122. The van der Waals surface area contributed by atoms with E-state index in [2.05, 4.69) is 12.2 Å². The van der Waals surface area contributed by atoms with Crippen molar-refractivity contribution in [1.29, 1.82) is 0 Å². The Balaban J connectivity index is 3.69. The van der Waals surface area contributed by atoms with Gasteiger partial charge >= 0.3 is 0 Å². The van der Waals surface area contributed by atoms with E-state index in [1.807, 2.05) is 6.92 Å². The van der Waals surface area contributed by atoms with Gasteiger partial charge in [-0.25, -0.2) is 0 Å². The Morgan fingerprint density at radius 1 is 0.947 bits per heavy atom.